The largest absolute Gasteiger partial charge is 0.481 e. The number of hydrogen-bond donors (Lipinski definition) is 2. The quantitative estimate of drug-likeness (QED) is 0.647. The molecule has 0 fully saturated rings. The highest BCUT2D eigenvalue weighted by Gasteiger charge is 2.15. The first-order valence-electron chi connectivity index (χ1n) is 6.50. The van der Waals surface area contributed by atoms with Crippen LogP contribution in [0.2, 0.25) is 0 Å². The van der Waals surface area contributed by atoms with Crippen molar-refractivity contribution in [2.45, 2.75) is 19.4 Å². The number of methoxy groups -OCH3 is 1. The predicted octanol–water partition coefficient (Wildman–Crippen LogP) is 2.53. The van der Waals surface area contributed by atoms with Gasteiger partial charge in [0.05, 0.1) is 13.2 Å². The number of carbonyl (C=O) groups is 2. The minimum absolute atomic E-state index is 0.0504. The second-order valence-electron chi connectivity index (χ2n) is 4.34. The van der Waals surface area contributed by atoms with Gasteiger partial charge >= 0.3 is 12.0 Å². The van der Waals surface area contributed by atoms with Gasteiger partial charge in [-0.1, -0.05) is 0 Å². The number of carboxylic acid groups (broad SMARTS) is 1. The van der Waals surface area contributed by atoms with Crippen LogP contribution in [0.1, 0.15) is 17.7 Å². The molecule has 0 atom stereocenters. The summed E-state index contributed by atoms with van der Waals surface area (Å²) < 4.78 is 6.00. The molecular weight excluding hydrogens is 360 g/mol. The maximum Gasteiger partial charge on any atom is 0.317 e. The molecule has 1 aromatic rings. The molecule has 0 saturated heterocycles. The SMILES string of the molecule is COCCN(Cc1sccc1Br)C(=O)NCCCC(=O)O. The fraction of sp³-hybridized carbons (Fsp3) is 0.538. The smallest absolute Gasteiger partial charge is 0.317 e. The number of nitrogens with zero attached hydrogens (tertiary/aromatic N) is 1. The van der Waals surface area contributed by atoms with Crippen molar-refractivity contribution in [3.05, 3.63) is 20.8 Å². The number of thiophene rings is 1. The predicted molar refractivity (Wildman–Crippen MR) is 84.6 cm³/mol. The lowest BCUT2D eigenvalue weighted by molar-refractivity contribution is -0.137. The van der Waals surface area contributed by atoms with E-state index in [9.17, 15) is 9.59 Å². The Labute approximate surface area is 136 Å². The number of halogens is 1. The van der Waals surface area contributed by atoms with Crippen molar-refractivity contribution in [1.29, 1.82) is 0 Å². The molecule has 1 heterocycles. The minimum Gasteiger partial charge on any atom is -0.481 e. The summed E-state index contributed by atoms with van der Waals surface area (Å²) in [5.41, 5.74) is 0. The summed E-state index contributed by atoms with van der Waals surface area (Å²) in [4.78, 5) is 25.3. The summed E-state index contributed by atoms with van der Waals surface area (Å²) in [6.45, 7) is 1.77. The van der Waals surface area contributed by atoms with Gasteiger partial charge in [-0.3, -0.25) is 4.79 Å². The summed E-state index contributed by atoms with van der Waals surface area (Å²) in [5.74, 6) is -0.858. The highest BCUT2D eigenvalue weighted by Crippen LogP contribution is 2.24. The first-order valence-corrected chi connectivity index (χ1v) is 8.17. The number of carbonyl (C=O) groups excluding carboxylic acids is 1. The Hall–Kier alpha value is -1.12. The monoisotopic (exact) mass is 378 g/mol. The van der Waals surface area contributed by atoms with Crippen LogP contribution in [0.25, 0.3) is 0 Å². The zero-order valence-corrected chi connectivity index (χ0v) is 14.2. The van der Waals surface area contributed by atoms with E-state index < -0.39 is 5.97 Å². The Balaban J connectivity index is 2.49. The van der Waals surface area contributed by atoms with Gasteiger partial charge in [-0.15, -0.1) is 11.3 Å². The zero-order chi connectivity index (χ0) is 15.7. The molecule has 0 aliphatic carbocycles. The van der Waals surface area contributed by atoms with Crippen LogP contribution in [0.4, 0.5) is 4.79 Å². The van der Waals surface area contributed by atoms with E-state index in [0.717, 1.165) is 9.35 Å². The number of ether oxygens (including phenoxy) is 1. The van der Waals surface area contributed by atoms with E-state index in [1.165, 1.54) is 0 Å². The zero-order valence-electron chi connectivity index (χ0n) is 11.8. The van der Waals surface area contributed by atoms with Gasteiger partial charge in [0.25, 0.3) is 0 Å². The molecule has 0 aliphatic heterocycles. The summed E-state index contributed by atoms with van der Waals surface area (Å²) in [6.07, 6.45) is 0.469. The maximum absolute atomic E-state index is 12.1. The standard InChI is InChI=1S/C13H19BrN2O4S/c1-20-7-6-16(9-11-10(14)4-8-21-11)13(19)15-5-2-3-12(17)18/h4,8H,2-3,5-7,9H2,1H3,(H,15,19)(H,17,18). The van der Waals surface area contributed by atoms with E-state index in [1.807, 2.05) is 11.4 Å². The van der Waals surface area contributed by atoms with Gasteiger partial charge in [-0.2, -0.15) is 0 Å². The third kappa shape index (κ3) is 6.92. The molecule has 0 bridgehead atoms. The number of carboxylic acids is 1. The number of urea groups is 1. The first-order chi connectivity index (χ1) is 10.0. The Morgan fingerprint density at radius 3 is 2.86 bits per heavy atom. The molecule has 1 rings (SSSR count). The Kier molecular flexibility index (Phi) is 8.33. The Bertz CT molecular complexity index is 467. The molecule has 2 amide bonds. The molecular formula is C13H19BrN2O4S. The summed E-state index contributed by atoms with van der Waals surface area (Å²) in [6, 6.07) is 1.73. The summed E-state index contributed by atoms with van der Waals surface area (Å²) >= 11 is 5.02. The van der Waals surface area contributed by atoms with Crippen LogP contribution < -0.4 is 5.32 Å². The van der Waals surface area contributed by atoms with Crippen molar-refractivity contribution >= 4 is 39.3 Å². The average Bonchev–Trinajstić information content (AvgIpc) is 2.84. The fourth-order valence-corrected chi connectivity index (χ4v) is 3.10. The minimum atomic E-state index is -0.858. The van der Waals surface area contributed by atoms with Gasteiger partial charge in [0.1, 0.15) is 0 Å². The van der Waals surface area contributed by atoms with Crippen molar-refractivity contribution in [3.8, 4) is 0 Å². The molecule has 0 radical (unpaired) electrons. The Morgan fingerprint density at radius 1 is 1.52 bits per heavy atom. The van der Waals surface area contributed by atoms with E-state index in [0.29, 0.717) is 32.7 Å². The molecule has 8 heteroatoms. The van der Waals surface area contributed by atoms with Crippen LogP contribution in [-0.2, 0) is 16.1 Å². The van der Waals surface area contributed by atoms with E-state index >= 15 is 0 Å². The lowest BCUT2D eigenvalue weighted by Crippen LogP contribution is -2.41. The van der Waals surface area contributed by atoms with E-state index in [1.54, 1.807) is 23.3 Å². The van der Waals surface area contributed by atoms with Crippen molar-refractivity contribution in [3.63, 3.8) is 0 Å². The van der Waals surface area contributed by atoms with E-state index in [-0.39, 0.29) is 12.5 Å². The van der Waals surface area contributed by atoms with Crippen molar-refractivity contribution in [2.75, 3.05) is 26.8 Å². The molecule has 6 nitrogen and oxygen atoms in total. The van der Waals surface area contributed by atoms with Gasteiger partial charge in [0.15, 0.2) is 0 Å². The van der Waals surface area contributed by atoms with Gasteiger partial charge in [-0.25, -0.2) is 4.79 Å². The highest BCUT2D eigenvalue weighted by molar-refractivity contribution is 9.10. The molecule has 0 aromatic carbocycles. The lowest BCUT2D eigenvalue weighted by atomic mass is 10.3. The summed E-state index contributed by atoms with van der Waals surface area (Å²) in [7, 11) is 1.59. The van der Waals surface area contributed by atoms with Gasteiger partial charge < -0.3 is 20.1 Å². The van der Waals surface area contributed by atoms with Crippen molar-refractivity contribution < 1.29 is 19.4 Å². The van der Waals surface area contributed by atoms with Crippen LogP contribution in [0.3, 0.4) is 0 Å². The van der Waals surface area contributed by atoms with E-state index in [2.05, 4.69) is 21.2 Å². The first kappa shape index (κ1) is 17.9. The molecule has 0 spiro atoms. The van der Waals surface area contributed by atoms with E-state index in [4.69, 9.17) is 9.84 Å². The van der Waals surface area contributed by atoms with Gasteiger partial charge in [0, 0.05) is 36.0 Å². The van der Waals surface area contributed by atoms with Crippen LogP contribution in [0, 0.1) is 0 Å². The van der Waals surface area contributed by atoms with Crippen molar-refractivity contribution in [1.82, 2.24) is 10.2 Å². The van der Waals surface area contributed by atoms with Crippen LogP contribution in [0.15, 0.2) is 15.9 Å². The summed E-state index contributed by atoms with van der Waals surface area (Å²) in [5, 5.41) is 13.3. The topological polar surface area (TPSA) is 78.9 Å². The normalized spacial score (nSPS) is 10.4. The second kappa shape index (κ2) is 9.75. The number of nitrogens with one attached hydrogen (secondary N) is 1. The second-order valence-corrected chi connectivity index (χ2v) is 6.19. The maximum atomic E-state index is 12.1. The number of rotatable bonds is 9. The number of amides is 2. The molecule has 0 unspecified atom stereocenters. The number of aliphatic carboxylic acids is 1. The number of hydrogen-bond acceptors (Lipinski definition) is 4. The van der Waals surface area contributed by atoms with Crippen molar-refractivity contribution in [2.24, 2.45) is 0 Å². The lowest BCUT2D eigenvalue weighted by Gasteiger charge is -2.22. The van der Waals surface area contributed by atoms with Gasteiger partial charge in [0.2, 0.25) is 0 Å². The van der Waals surface area contributed by atoms with Crippen LogP contribution >= 0.6 is 27.3 Å². The molecule has 2 N–H and O–H groups in total. The fourth-order valence-electron chi connectivity index (χ4n) is 1.61. The molecule has 21 heavy (non-hydrogen) atoms. The third-order valence-electron chi connectivity index (χ3n) is 2.72. The third-order valence-corrected chi connectivity index (χ3v) is 4.63. The molecule has 118 valence electrons. The average molecular weight is 379 g/mol. The Morgan fingerprint density at radius 2 is 2.29 bits per heavy atom. The van der Waals surface area contributed by atoms with Crippen LogP contribution in [-0.4, -0.2) is 48.8 Å². The van der Waals surface area contributed by atoms with Crippen LogP contribution in [0.5, 0.6) is 0 Å². The highest BCUT2D eigenvalue weighted by atomic mass is 79.9. The molecule has 0 saturated carbocycles. The molecule has 0 aliphatic rings. The van der Waals surface area contributed by atoms with Gasteiger partial charge in [-0.05, 0) is 33.8 Å². The molecule has 1 aromatic heterocycles.